The van der Waals surface area contributed by atoms with Crippen molar-refractivity contribution in [1.29, 1.82) is 0 Å². The van der Waals surface area contributed by atoms with E-state index in [-0.39, 0.29) is 24.8 Å². The first-order chi connectivity index (χ1) is 14.9. The van der Waals surface area contributed by atoms with Gasteiger partial charge in [-0.3, -0.25) is 4.98 Å². The molecule has 3 aromatic rings. The highest BCUT2D eigenvalue weighted by molar-refractivity contribution is 5.74. The highest BCUT2D eigenvalue weighted by atomic mass is 19.3. The van der Waals surface area contributed by atoms with Crippen molar-refractivity contribution < 1.29 is 32.1 Å². The Kier molecular flexibility index (Phi) is 7.43. The third-order valence-electron chi connectivity index (χ3n) is 4.27. The molecule has 0 fully saturated rings. The molecule has 0 bridgehead atoms. The van der Waals surface area contributed by atoms with Gasteiger partial charge in [-0.25, -0.2) is 9.37 Å². The molecule has 9 heteroatoms. The molecule has 31 heavy (non-hydrogen) atoms. The largest absolute Gasteiger partial charge is 0.496 e. The summed E-state index contributed by atoms with van der Waals surface area (Å²) in [5, 5.41) is 0. The zero-order chi connectivity index (χ0) is 22.3. The van der Waals surface area contributed by atoms with Crippen LogP contribution in [-0.2, 0) is 15.4 Å². The molecule has 0 spiro atoms. The van der Waals surface area contributed by atoms with E-state index in [4.69, 9.17) is 18.9 Å². The summed E-state index contributed by atoms with van der Waals surface area (Å²) >= 11 is 0. The molecule has 0 saturated carbocycles. The van der Waals surface area contributed by atoms with Crippen LogP contribution in [0.4, 0.5) is 13.2 Å². The fourth-order valence-corrected chi connectivity index (χ4v) is 2.75. The van der Waals surface area contributed by atoms with Crippen LogP contribution < -0.4 is 9.47 Å². The van der Waals surface area contributed by atoms with Crippen LogP contribution in [0.3, 0.4) is 0 Å². The molecule has 0 unspecified atom stereocenters. The number of halogens is 3. The molecule has 2 aromatic heterocycles. The van der Waals surface area contributed by atoms with Crippen LogP contribution in [0.1, 0.15) is 5.69 Å². The summed E-state index contributed by atoms with van der Waals surface area (Å²) in [6.45, 7) is -0.525. The predicted molar refractivity (Wildman–Crippen MR) is 107 cm³/mol. The van der Waals surface area contributed by atoms with Gasteiger partial charge in [0.1, 0.15) is 29.6 Å². The van der Waals surface area contributed by atoms with E-state index in [1.807, 2.05) is 0 Å². The van der Waals surface area contributed by atoms with Gasteiger partial charge in [0, 0.05) is 30.5 Å². The summed E-state index contributed by atoms with van der Waals surface area (Å²) in [6, 6.07) is 10.0. The summed E-state index contributed by atoms with van der Waals surface area (Å²) in [5.41, 5.74) is 0.662. The third-order valence-corrected chi connectivity index (χ3v) is 4.27. The van der Waals surface area contributed by atoms with Crippen LogP contribution in [0.15, 0.2) is 54.9 Å². The molecule has 0 aliphatic heterocycles. The molecule has 2 heterocycles. The average molecular weight is 434 g/mol. The Bertz CT molecular complexity index is 1000. The lowest BCUT2D eigenvalue weighted by Crippen LogP contribution is -2.23. The standard InChI is InChI=1S/C22H21F3N2O4/c1-28-10-11-30-14-22(24,25)20-8-6-16(13-27-20)31-21-18(4-3-9-26-21)17-7-5-15(23)12-19(17)29-2/h3-9,12-13H,10-11,14H2,1-2H3. The molecule has 6 nitrogen and oxygen atoms in total. The van der Waals surface area contributed by atoms with Gasteiger partial charge < -0.3 is 18.9 Å². The van der Waals surface area contributed by atoms with Crippen molar-refractivity contribution in [3.05, 3.63) is 66.4 Å². The highest BCUT2D eigenvalue weighted by Gasteiger charge is 2.33. The Labute approximate surface area is 177 Å². The molecule has 0 aliphatic carbocycles. The second kappa shape index (κ2) is 10.2. The van der Waals surface area contributed by atoms with Gasteiger partial charge in [-0.15, -0.1) is 0 Å². The van der Waals surface area contributed by atoms with Gasteiger partial charge in [0.2, 0.25) is 5.88 Å². The van der Waals surface area contributed by atoms with Crippen molar-refractivity contribution >= 4 is 0 Å². The number of pyridine rings is 2. The van der Waals surface area contributed by atoms with Crippen LogP contribution in [0.5, 0.6) is 17.4 Å². The molecular weight excluding hydrogens is 413 g/mol. The van der Waals surface area contributed by atoms with Crippen molar-refractivity contribution in [3.8, 4) is 28.5 Å². The number of nitrogens with zero attached hydrogens (tertiary/aromatic N) is 2. The maximum atomic E-state index is 14.2. The van der Waals surface area contributed by atoms with Crippen molar-refractivity contribution in [1.82, 2.24) is 9.97 Å². The number of ether oxygens (including phenoxy) is 4. The van der Waals surface area contributed by atoms with E-state index in [2.05, 4.69) is 9.97 Å². The minimum atomic E-state index is -3.26. The molecule has 0 aliphatic rings. The number of rotatable bonds is 10. The maximum absolute atomic E-state index is 14.2. The van der Waals surface area contributed by atoms with Gasteiger partial charge in [0.05, 0.1) is 26.5 Å². The average Bonchev–Trinajstić information content (AvgIpc) is 2.77. The maximum Gasteiger partial charge on any atom is 0.312 e. The molecule has 0 radical (unpaired) electrons. The van der Waals surface area contributed by atoms with Gasteiger partial charge in [-0.1, -0.05) is 0 Å². The zero-order valence-electron chi connectivity index (χ0n) is 17.0. The summed E-state index contributed by atoms with van der Waals surface area (Å²) in [5.74, 6) is -3.00. The van der Waals surface area contributed by atoms with E-state index in [0.29, 0.717) is 16.9 Å². The number of hydrogen-bond acceptors (Lipinski definition) is 6. The van der Waals surface area contributed by atoms with Crippen molar-refractivity contribution in [3.63, 3.8) is 0 Å². The van der Waals surface area contributed by atoms with Crippen LogP contribution >= 0.6 is 0 Å². The SMILES string of the molecule is COCCOCC(F)(F)c1ccc(Oc2ncccc2-c2ccc(F)cc2OC)cn1. The number of aromatic nitrogens is 2. The summed E-state index contributed by atoms with van der Waals surface area (Å²) < 4.78 is 62.7. The van der Waals surface area contributed by atoms with Crippen LogP contribution in [0.25, 0.3) is 11.1 Å². The fraction of sp³-hybridized carbons (Fsp3) is 0.273. The van der Waals surface area contributed by atoms with Gasteiger partial charge in [0.25, 0.3) is 0 Å². The predicted octanol–water partition coefficient (Wildman–Crippen LogP) is 4.84. The van der Waals surface area contributed by atoms with Crippen LogP contribution in [0, 0.1) is 5.82 Å². The topological polar surface area (TPSA) is 62.7 Å². The molecule has 164 valence electrons. The molecule has 3 rings (SSSR count). The normalized spacial score (nSPS) is 11.4. The fourth-order valence-electron chi connectivity index (χ4n) is 2.75. The minimum absolute atomic E-state index is 0.0581. The van der Waals surface area contributed by atoms with E-state index >= 15 is 0 Å². The zero-order valence-corrected chi connectivity index (χ0v) is 17.0. The first-order valence-corrected chi connectivity index (χ1v) is 9.32. The van der Waals surface area contributed by atoms with Crippen LogP contribution in [0.2, 0.25) is 0 Å². The first-order valence-electron chi connectivity index (χ1n) is 9.32. The van der Waals surface area contributed by atoms with Gasteiger partial charge in [-0.05, 0) is 36.4 Å². The molecule has 0 atom stereocenters. The van der Waals surface area contributed by atoms with Gasteiger partial charge in [0.15, 0.2) is 0 Å². The first kappa shape index (κ1) is 22.5. The number of methoxy groups -OCH3 is 2. The number of alkyl halides is 2. The van der Waals surface area contributed by atoms with E-state index in [9.17, 15) is 13.2 Å². The number of benzene rings is 1. The smallest absolute Gasteiger partial charge is 0.312 e. The molecule has 0 amide bonds. The Balaban J connectivity index is 1.79. The van der Waals surface area contributed by atoms with Gasteiger partial charge >= 0.3 is 5.92 Å². The molecular formula is C22H21F3N2O4. The quantitative estimate of drug-likeness (QED) is 0.426. The monoisotopic (exact) mass is 434 g/mol. The summed E-state index contributed by atoms with van der Waals surface area (Å²) in [4.78, 5) is 8.00. The third kappa shape index (κ3) is 5.71. The Morgan fingerprint density at radius 1 is 0.968 bits per heavy atom. The molecule has 0 saturated heterocycles. The lowest BCUT2D eigenvalue weighted by Gasteiger charge is -2.16. The molecule has 1 aromatic carbocycles. The van der Waals surface area contributed by atoms with Crippen LogP contribution in [-0.4, -0.2) is 44.0 Å². The Hall–Kier alpha value is -3.17. The Morgan fingerprint density at radius 2 is 1.81 bits per heavy atom. The molecule has 0 N–H and O–H groups in total. The lowest BCUT2D eigenvalue weighted by atomic mass is 10.1. The van der Waals surface area contributed by atoms with E-state index < -0.39 is 24.0 Å². The van der Waals surface area contributed by atoms with Crippen molar-refractivity contribution in [2.24, 2.45) is 0 Å². The van der Waals surface area contributed by atoms with E-state index in [1.54, 1.807) is 18.2 Å². The summed E-state index contributed by atoms with van der Waals surface area (Å²) in [6.07, 6.45) is 2.70. The van der Waals surface area contributed by atoms with E-state index in [0.717, 1.165) is 6.07 Å². The van der Waals surface area contributed by atoms with E-state index in [1.165, 1.54) is 44.8 Å². The Morgan fingerprint density at radius 3 is 2.52 bits per heavy atom. The van der Waals surface area contributed by atoms with Crippen molar-refractivity contribution in [2.75, 3.05) is 34.0 Å². The van der Waals surface area contributed by atoms with Crippen molar-refractivity contribution in [2.45, 2.75) is 5.92 Å². The number of hydrogen-bond donors (Lipinski definition) is 0. The summed E-state index contributed by atoms with van der Waals surface area (Å²) in [7, 11) is 2.89. The second-order valence-corrected chi connectivity index (χ2v) is 6.43. The second-order valence-electron chi connectivity index (χ2n) is 6.43. The lowest BCUT2D eigenvalue weighted by molar-refractivity contribution is -0.0916. The van der Waals surface area contributed by atoms with Gasteiger partial charge in [-0.2, -0.15) is 8.78 Å². The minimum Gasteiger partial charge on any atom is -0.496 e. The highest BCUT2D eigenvalue weighted by Crippen LogP contribution is 2.37.